The van der Waals surface area contributed by atoms with Crippen molar-refractivity contribution < 1.29 is 0 Å². The van der Waals surface area contributed by atoms with E-state index in [4.69, 9.17) is 5.26 Å². The van der Waals surface area contributed by atoms with Crippen LogP contribution in [0.1, 0.15) is 24.1 Å². The van der Waals surface area contributed by atoms with Gasteiger partial charge in [0.1, 0.15) is 5.54 Å². The van der Waals surface area contributed by atoms with Gasteiger partial charge in [-0.3, -0.25) is 5.32 Å². The fourth-order valence-electron chi connectivity index (χ4n) is 1.56. The number of nitrogens with zero attached hydrogens (tertiary/aromatic N) is 1. The zero-order chi connectivity index (χ0) is 10.0. The topological polar surface area (TPSA) is 35.8 Å². The second-order valence-electron chi connectivity index (χ2n) is 3.61. The molecule has 2 rings (SSSR count). The first-order valence-corrected chi connectivity index (χ1v) is 6.26. The summed E-state index contributed by atoms with van der Waals surface area (Å²) in [6.45, 7) is 0.809. The number of thiophene rings is 1. The number of rotatable bonds is 3. The Balaban J connectivity index is 1.91. The molecule has 1 heterocycles. The van der Waals surface area contributed by atoms with Crippen molar-refractivity contribution in [3.05, 3.63) is 20.8 Å². The van der Waals surface area contributed by atoms with Crippen LogP contribution in [0.5, 0.6) is 0 Å². The molecular formula is C10H11BrN2S. The monoisotopic (exact) mass is 270 g/mol. The molecule has 0 amide bonds. The summed E-state index contributed by atoms with van der Waals surface area (Å²) in [6, 6.07) is 6.51. The molecule has 2 nitrogen and oxygen atoms in total. The van der Waals surface area contributed by atoms with Crippen LogP contribution in [-0.2, 0) is 6.54 Å². The molecule has 1 N–H and O–H groups in total. The summed E-state index contributed by atoms with van der Waals surface area (Å²) in [7, 11) is 0. The van der Waals surface area contributed by atoms with Gasteiger partial charge in [-0.05, 0) is 47.3 Å². The molecule has 0 radical (unpaired) electrons. The lowest BCUT2D eigenvalue weighted by atomic mass is 9.78. The molecule has 4 heteroatoms. The first-order valence-electron chi connectivity index (χ1n) is 4.65. The Bertz CT molecular complexity index is 362. The molecule has 0 aliphatic heterocycles. The van der Waals surface area contributed by atoms with Gasteiger partial charge < -0.3 is 0 Å². The fraction of sp³-hybridized carbons (Fsp3) is 0.500. The summed E-state index contributed by atoms with van der Waals surface area (Å²) in [6.07, 6.45) is 3.17. The SMILES string of the molecule is N#CC1(NCc2ccc(Br)s2)CCC1. The molecule has 1 aliphatic rings. The lowest BCUT2D eigenvalue weighted by Gasteiger charge is -2.35. The average Bonchev–Trinajstić information content (AvgIpc) is 2.50. The molecule has 74 valence electrons. The summed E-state index contributed by atoms with van der Waals surface area (Å²) >= 11 is 5.14. The molecule has 0 spiro atoms. The Morgan fingerprint density at radius 2 is 2.36 bits per heavy atom. The molecule has 0 aromatic carbocycles. The molecule has 0 saturated heterocycles. The zero-order valence-corrected chi connectivity index (χ0v) is 10.1. The third-order valence-electron chi connectivity index (χ3n) is 2.65. The lowest BCUT2D eigenvalue weighted by Crippen LogP contribution is -2.49. The quantitative estimate of drug-likeness (QED) is 0.917. The molecule has 1 aromatic heterocycles. The minimum Gasteiger partial charge on any atom is -0.294 e. The molecule has 1 saturated carbocycles. The Morgan fingerprint density at radius 1 is 1.57 bits per heavy atom. The predicted molar refractivity (Wildman–Crippen MR) is 61.1 cm³/mol. The highest BCUT2D eigenvalue weighted by molar-refractivity contribution is 9.11. The van der Waals surface area contributed by atoms with Crippen LogP contribution in [0.15, 0.2) is 15.9 Å². The van der Waals surface area contributed by atoms with Crippen molar-refractivity contribution in [3.8, 4) is 6.07 Å². The number of nitrogens with one attached hydrogen (secondary N) is 1. The predicted octanol–water partition coefficient (Wildman–Crippen LogP) is 3.05. The molecule has 1 fully saturated rings. The van der Waals surface area contributed by atoms with E-state index in [0.29, 0.717) is 0 Å². The van der Waals surface area contributed by atoms with Gasteiger partial charge in [-0.25, -0.2) is 0 Å². The smallest absolute Gasteiger partial charge is 0.107 e. The number of halogens is 1. The third-order valence-corrected chi connectivity index (χ3v) is 4.27. The number of hydrogen-bond donors (Lipinski definition) is 1. The molecule has 14 heavy (non-hydrogen) atoms. The maximum absolute atomic E-state index is 9.00. The summed E-state index contributed by atoms with van der Waals surface area (Å²) in [4.78, 5) is 1.28. The first kappa shape index (κ1) is 10.2. The summed E-state index contributed by atoms with van der Waals surface area (Å²) in [5.41, 5.74) is -0.226. The summed E-state index contributed by atoms with van der Waals surface area (Å²) in [5, 5.41) is 12.3. The van der Waals surface area contributed by atoms with Gasteiger partial charge in [0.2, 0.25) is 0 Å². The maximum Gasteiger partial charge on any atom is 0.107 e. The van der Waals surface area contributed by atoms with Crippen LogP contribution in [0.25, 0.3) is 0 Å². The van der Waals surface area contributed by atoms with Crippen molar-refractivity contribution in [2.45, 2.75) is 31.3 Å². The van der Waals surface area contributed by atoms with Crippen LogP contribution >= 0.6 is 27.3 Å². The van der Waals surface area contributed by atoms with E-state index in [-0.39, 0.29) is 5.54 Å². The fourth-order valence-corrected chi connectivity index (χ4v) is 2.98. The van der Waals surface area contributed by atoms with Gasteiger partial charge in [0.15, 0.2) is 0 Å². The van der Waals surface area contributed by atoms with Crippen LogP contribution in [0.4, 0.5) is 0 Å². The Morgan fingerprint density at radius 3 is 2.79 bits per heavy atom. The normalized spacial score (nSPS) is 18.6. The van der Waals surface area contributed by atoms with Crippen molar-refractivity contribution in [1.82, 2.24) is 5.32 Å². The van der Waals surface area contributed by atoms with Crippen molar-refractivity contribution >= 4 is 27.3 Å². The van der Waals surface area contributed by atoms with Gasteiger partial charge in [0.05, 0.1) is 9.86 Å². The molecule has 0 bridgehead atoms. The first-order chi connectivity index (χ1) is 6.74. The molecule has 0 atom stereocenters. The van der Waals surface area contributed by atoms with Gasteiger partial charge >= 0.3 is 0 Å². The second-order valence-corrected chi connectivity index (χ2v) is 6.15. The maximum atomic E-state index is 9.00. The molecule has 0 unspecified atom stereocenters. The summed E-state index contributed by atoms with van der Waals surface area (Å²) in [5.74, 6) is 0. The van der Waals surface area contributed by atoms with Crippen LogP contribution < -0.4 is 5.32 Å². The van der Waals surface area contributed by atoms with Crippen LogP contribution in [0.3, 0.4) is 0 Å². The Hall–Kier alpha value is -0.370. The van der Waals surface area contributed by atoms with Crippen molar-refractivity contribution in [2.75, 3.05) is 0 Å². The molecule has 1 aromatic rings. The van der Waals surface area contributed by atoms with Crippen LogP contribution in [0.2, 0.25) is 0 Å². The van der Waals surface area contributed by atoms with E-state index >= 15 is 0 Å². The second kappa shape index (κ2) is 4.01. The van der Waals surface area contributed by atoms with Crippen LogP contribution in [0, 0.1) is 11.3 Å². The number of nitriles is 1. The Kier molecular flexibility index (Phi) is 2.91. The highest BCUT2D eigenvalue weighted by Crippen LogP contribution is 2.32. The zero-order valence-electron chi connectivity index (χ0n) is 7.72. The highest BCUT2D eigenvalue weighted by Gasteiger charge is 2.36. The van der Waals surface area contributed by atoms with Gasteiger partial charge in [0, 0.05) is 11.4 Å². The van der Waals surface area contributed by atoms with Crippen molar-refractivity contribution in [2.24, 2.45) is 0 Å². The molecular weight excluding hydrogens is 260 g/mol. The average molecular weight is 271 g/mol. The van der Waals surface area contributed by atoms with E-state index in [1.807, 2.05) is 6.07 Å². The van der Waals surface area contributed by atoms with Crippen LogP contribution in [-0.4, -0.2) is 5.54 Å². The van der Waals surface area contributed by atoms with Crippen molar-refractivity contribution in [1.29, 1.82) is 5.26 Å². The van der Waals surface area contributed by atoms with E-state index in [9.17, 15) is 0 Å². The lowest BCUT2D eigenvalue weighted by molar-refractivity contribution is 0.253. The van der Waals surface area contributed by atoms with E-state index in [1.54, 1.807) is 11.3 Å². The van der Waals surface area contributed by atoms with Crippen molar-refractivity contribution in [3.63, 3.8) is 0 Å². The van der Waals surface area contributed by atoms with E-state index < -0.39 is 0 Å². The number of hydrogen-bond acceptors (Lipinski definition) is 3. The third kappa shape index (κ3) is 2.00. The minimum absolute atomic E-state index is 0.226. The molecule has 1 aliphatic carbocycles. The Labute approximate surface area is 96.1 Å². The highest BCUT2D eigenvalue weighted by atomic mass is 79.9. The van der Waals surface area contributed by atoms with Gasteiger partial charge in [-0.15, -0.1) is 11.3 Å². The van der Waals surface area contributed by atoms with E-state index in [0.717, 1.165) is 23.2 Å². The van der Waals surface area contributed by atoms with E-state index in [2.05, 4.69) is 33.4 Å². The van der Waals surface area contributed by atoms with E-state index in [1.165, 1.54) is 11.3 Å². The largest absolute Gasteiger partial charge is 0.294 e. The summed E-state index contributed by atoms with van der Waals surface area (Å²) < 4.78 is 1.15. The van der Waals surface area contributed by atoms with Gasteiger partial charge in [0.25, 0.3) is 0 Å². The minimum atomic E-state index is -0.226. The van der Waals surface area contributed by atoms with Gasteiger partial charge in [-0.2, -0.15) is 5.26 Å². The standard InChI is InChI=1S/C10H11BrN2S/c11-9-3-2-8(14-9)6-13-10(7-12)4-1-5-10/h2-3,13H,1,4-6H2. The van der Waals surface area contributed by atoms with Gasteiger partial charge in [-0.1, -0.05) is 0 Å².